The van der Waals surface area contributed by atoms with Gasteiger partial charge in [0.25, 0.3) is 0 Å². The summed E-state index contributed by atoms with van der Waals surface area (Å²) in [7, 11) is 2.55. The number of pyridine rings is 1. The van der Waals surface area contributed by atoms with Crippen molar-refractivity contribution < 1.29 is 19.1 Å². The Morgan fingerprint density at radius 1 is 1.42 bits per heavy atom. The topological polar surface area (TPSA) is 89.9 Å². The van der Waals surface area contributed by atoms with Crippen molar-refractivity contribution in [3.05, 3.63) is 24.5 Å². The molecule has 0 atom stereocenters. The van der Waals surface area contributed by atoms with Crippen LogP contribution in [0.3, 0.4) is 0 Å². The fourth-order valence-electron chi connectivity index (χ4n) is 1.24. The average molecular weight is 265 g/mol. The SMILES string of the molecule is COCC(=O)C(=NCNc1cccnc1)C(=O)OC. The third kappa shape index (κ3) is 4.84. The molecule has 0 bridgehead atoms. The number of hydrogen-bond acceptors (Lipinski definition) is 7. The number of esters is 1. The van der Waals surface area contributed by atoms with Crippen molar-refractivity contribution >= 4 is 23.2 Å². The quantitative estimate of drug-likeness (QED) is 0.432. The number of nitrogens with zero attached hydrogens (tertiary/aromatic N) is 2. The summed E-state index contributed by atoms with van der Waals surface area (Å²) in [5.41, 5.74) is 0.454. The number of methoxy groups -OCH3 is 2. The van der Waals surface area contributed by atoms with Gasteiger partial charge in [-0.2, -0.15) is 0 Å². The van der Waals surface area contributed by atoms with Crippen molar-refractivity contribution in [1.29, 1.82) is 0 Å². The lowest BCUT2D eigenvalue weighted by Crippen LogP contribution is -2.29. The van der Waals surface area contributed by atoms with Gasteiger partial charge in [0.2, 0.25) is 5.78 Å². The summed E-state index contributed by atoms with van der Waals surface area (Å²) in [6, 6.07) is 3.54. The van der Waals surface area contributed by atoms with Crippen LogP contribution in [0.5, 0.6) is 0 Å². The molecule has 7 nitrogen and oxygen atoms in total. The van der Waals surface area contributed by atoms with Gasteiger partial charge in [0.05, 0.1) is 12.8 Å². The molecular weight excluding hydrogens is 250 g/mol. The zero-order valence-corrected chi connectivity index (χ0v) is 10.8. The molecule has 0 spiro atoms. The maximum absolute atomic E-state index is 11.6. The van der Waals surface area contributed by atoms with Crippen molar-refractivity contribution in [2.75, 3.05) is 32.8 Å². The summed E-state index contributed by atoms with van der Waals surface area (Å²) >= 11 is 0. The minimum Gasteiger partial charge on any atom is -0.464 e. The lowest BCUT2D eigenvalue weighted by molar-refractivity contribution is -0.133. The number of anilines is 1. The van der Waals surface area contributed by atoms with Crippen molar-refractivity contribution in [3.63, 3.8) is 0 Å². The number of rotatable bonds is 7. The summed E-state index contributed by atoms with van der Waals surface area (Å²) < 4.78 is 9.17. The molecule has 0 saturated carbocycles. The molecule has 0 aliphatic heterocycles. The van der Waals surface area contributed by atoms with Crippen LogP contribution in [0.25, 0.3) is 0 Å². The molecule has 0 fully saturated rings. The van der Waals surface area contributed by atoms with Crippen molar-refractivity contribution in [3.8, 4) is 0 Å². The maximum atomic E-state index is 11.6. The molecule has 0 saturated heterocycles. The van der Waals surface area contributed by atoms with Crippen LogP contribution in [0.4, 0.5) is 5.69 Å². The number of aliphatic imine (C=N–C) groups is 1. The fourth-order valence-corrected chi connectivity index (χ4v) is 1.24. The van der Waals surface area contributed by atoms with Crippen LogP contribution in [-0.4, -0.2) is 49.9 Å². The van der Waals surface area contributed by atoms with E-state index in [0.717, 1.165) is 5.69 Å². The summed E-state index contributed by atoms with van der Waals surface area (Å²) in [6.07, 6.45) is 3.24. The van der Waals surface area contributed by atoms with Gasteiger partial charge in [-0.3, -0.25) is 14.8 Å². The molecule has 1 heterocycles. The maximum Gasteiger partial charge on any atom is 0.360 e. The third-order valence-electron chi connectivity index (χ3n) is 2.10. The molecule has 1 N–H and O–H groups in total. The van der Waals surface area contributed by atoms with Gasteiger partial charge in [-0.05, 0) is 12.1 Å². The molecular formula is C12H15N3O4. The monoisotopic (exact) mass is 265 g/mol. The van der Waals surface area contributed by atoms with E-state index in [0.29, 0.717) is 0 Å². The van der Waals surface area contributed by atoms with Crippen LogP contribution in [0.2, 0.25) is 0 Å². The number of aromatic nitrogens is 1. The Morgan fingerprint density at radius 2 is 2.21 bits per heavy atom. The fraction of sp³-hybridized carbons (Fsp3) is 0.333. The number of ether oxygens (including phenoxy) is 2. The highest BCUT2D eigenvalue weighted by atomic mass is 16.5. The van der Waals surface area contributed by atoms with Gasteiger partial charge in [-0.1, -0.05) is 0 Å². The number of carbonyl (C=O) groups excluding carboxylic acids is 2. The molecule has 0 aromatic carbocycles. The molecule has 0 amide bonds. The van der Waals surface area contributed by atoms with Crippen LogP contribution < -0.4 is 5.32 Å². The first-order valence-corrected chi connectivity index (χ1v) is 5.47. The average Bonchev–Trinajstić information content (AvgIpc) is 2.44. The number of carbonyl (C=O) groups is 2. The minimum absolute atomic E-state index is 0.0611. The van der Waals surface area contributed by atoms with Gasteiger partial charge in [0.15, 0.2) is 5.71 Å². The first-order chi connectivity index (χ1) is 9.19. The predicted octanol–water partition coefficient (Wildman–Crippen LogP) is 0.280. The largest absolute Gasteiger partial charge is 0.464 e. The van der Waals surface area contributed by atoms with E-state index >= 15 is 0 Å². The van der Waals surface area contributed by atoms with E-state index in [4.69, 9.17) is 0 Å². The zero-order chi connectivity index (χ0) is 14.1. The van der Waals surface area contributed by atoms with Crippen molar-refractivity contribution in [2.45, 2.75) is 0 Å². The van der Waals surface area contributed by atoms with Gasteiger partial charge >= 0.3 is 5.97 Å². The van der Waals surface area contributed by atoms with E-state index in [2.05, 4.69) is 24.8 Å². The second-order valence-corrected chi connectivity index (χ2v) is 3.43. The molecule has 19 heavy (non-hydrogen) atoms. The molecule has 0 unspecified atom stereocenters. The summed E-state index contributed by atoms with van der Waals surface area (Å²) in [6.45, 7) is -0.160. The van der Waals surface area contributed by atoms with Gasteiger partial charge in [-0.25, -0.2) is 4.79 Å². The lowest BCUT2D eigenvalue weighted by atomic mass is 10.2. The molecule has 1 aromatic rings. The number of Topliss-reactive ketones (excluding diaryl/α,β-unsaturated/α-hetero) is 1. The number of nitrogens with one attached hydrogen (secondary N) is 1. The van der Waals surface area contributed by atoms with Crippen molar-refractivity contribution in [2.24, 2.45) is 4.99 Å². The predicted molar refractivity (Wildman–Crippen MR) is 69.1 cm³/mol. The molecule has 0 aliphatic carbocycles. The molecule has 1 aromatic heterocycles. The standard InChI is InChI=1S/C12H15N3O4/c1-18-7-10(16)11(12(17)19-2)15-8-14-9-4-3-5-13-6-9/h3-6,14H,7-8H2,1-2H3. The highest BCUT2D eigenvalue weighted by molar-refractivity contribution is 6.64. The van der Waals surface area contributed by atoms with E-state index < -0.39 is 11.8 Å². The summed E-state index contributed by atoms with van der Waals surface area (Å²) in [5.74, 6) is -1.31. The van der Waals surface area contributed by atoms with E-state index in [-0.39, 0.29) is 19.0 Å². The zero-order valence-electron chi connectivity index (χ0n) is 10.8. The van der Waals surface area contributed by atoms with Gasteiger partial charge in [0, 0.05) is 19.5 Å². The highest BCUT2D eigenvalue weighted by Crippen LogP contribution is 2.01. The minimum atomic E-state index is -0.782. The van der Waals surface area contributed by atoms with Gasteiger partial charge in [-0.15, -0.1) is 0 Å². The Labute approximate surface area is 110 Å². The molecule has 102 valence electrons. The van der Waals surface area contributed by atoms with Crippen LogP contribution in [-0.2, 0) is 19.1 Å². The molecule has 7 heteroatoms. The number of ketones is 1. The Kier molecular flexibility index (Phi) is 6.17. The van der Waals surface area contributed by atoms with Crippen LogP contribution in [0.15, 0.2) is 29.5 Å². The summed E-state index contributed by atoms with van der Waals surface area (Å²) in [5, 5.41) is 2.90. The number of hydrogen-bond donors (Lipinski definition) is 1. The Bertz CT molecular complexity index is 459. The summed E-state index contributed by atoms with van der Waals surface area (Å²) in [4.78, 5) is 30.8. The van der Waals surface area contributed by atoms with Gasteiger partial charge in [0.1, 0.15) is 13.3 Å². The second-order valence-electron chi connectivity index (χ2n) is 3.43. The van der Waals surface area contributed by atoms with E-state index in [9.17, 15) is 9.59 Å². The Morgan fingerprint density at radius 3 is 2.79 bits per heavy atom. The third-order valence-corrected chi connectivity index (χ3v) is 2.10. The highest BCUT2D eigenvalue weighted by Gasteiger charge is 2.20. The van der Waals surface area contributed by atoms with Crippen LogP contribution in [0, 0.1) is 0 Å². The first-order valence-electron chi connectivity index (χ1n) is 5.47. The lowest BCUT2D eigenvalue weighted by Gasteiger charge is -2.05. The van der Waals surface area contributed by atoms with Crippen LogP contribution in [0.1, 0.15) is 0 Å². The molecule has 0 aliphatic rings. The van der Waals surface area contributed by atoms with Gasteiger partial charge < -0.3 is 14.8 Å². The molecule has 1 rings (SSSR count). The molecule has 0 radical (unpaired) electrons. The smallest absolute Gasteiger partial charge is 0.360 e. The van der Waals surface area contributed by atoms with E-state index in [1.807, 2.05) is 0 Å². The van der Waals surface area contributed by atoms with E-state index in [1.165, 1.54) is 14.2 Å². The second kappa shape index (κ2) is 7.93. The normalized spacial score (nSPS) is 10.9. The Hall–Kier alpha value is -2.28. The Balaban J connectivity index is 2.67. The van der Waals surface area contributed by atoms with Crippen molar-refractivity contribution in [1.82, 2.24) is 4.98 Å². The van der Waals surface area contributed by atoms with E-state index in [1.54, 1.807) is 24.5 Å². The first kappa shape index (κ1) is 14.8. The van der Waals surface area contributed by atoms with Crippen LogP contribution >= 0.6 is 0 Å².